The van der Waals surface area contributed by atoms with E-state index in [1.807, 2.05) is 6.07 Å². The molecule has 3 rings (SSSR count). The summed E-state index contributed by atoms with van der Waals surface area (Å²) >= 11 is 0. The van der Waals surface area contributed by atoms with Gasteiger partial charge in [0.25, 0.3) is 5.69 Å². The highest BCUT2D eigenvalue weighted by molar-refractivity contribution is 5.80. The van der Waals surface area contributed by atoms with Crippen molar-refractivity contribution in [2.24, 2.45) is 11.3 Å². The van der Waals surface area contributed by atoms with E-state index in [-0.39, 0.29) is 16.6 Å². The van der Waals surface area contributed by atoms with Gasteiger partial charge in [-0.1, -0.05) is 6.42 Å². The minimum Gasteiger partial charge on any atom is -0.469 e. The van der Waals surface area contributed by atoms with Crippen LogP contribution in [-0.2, 0) is 9.53 Å². The fourth-order valence-corrected chi connectivity index (χ4v) is 4.06. The van der Waals surface area contributed by atoms with Crippen molar-refractivity contribution in [2.75, 3.05) is 25.1 Å². The van der Waals surface area contributed by atoms with Gasteiger partial charge < -0.3 is 9.64 Å². The predicted molar refractivity (Wildman–Crippen MR) is 81.8 cm³/mol. The van der Waals surface area contributed by atoms with Gasteiger partial charge in [-0.05, 0) is 37.8 Å². The summed E-state index contributed by atoms with van der Waals surface area (Å²) in [5, 5.41) is 10.9. The first-order valence-corrected chi connectivity index (χ1v) is 7.56. The second-order valence-corrected chi connectivity index (χ2v) is 6.35. The zero-order chi connectivity index (χ0) is 15.9. The lowest BCUT2D eigenvalue weighted by atomic mass is 9.81. The first kappa shape index (κ1) is 14.8. The lowest BCUT2D eigenvalue weighted by Gasteiger charge is -2.26. The van der Waals surface area contributed by atoms with Crippen molar-refractivity contribution in [1.29, 1.82) is 0 Å². The molecule has 2 unspecified atom stereocenters. The molecule has 1 aliphatic carbocycles. The van der Waals surface area contributed by atoms with Gasteiger partial charge in [-0.25, -0.2) is 0 Å². The standard InChI is InChI=1S/C16H20N2O4/c1-11-8-13(5-6-14(11)18(20)21)17-9-12-4-3-7-16(12,10-17)15(19)22-2/h5-6,8,12H,3-4,7,9-10H2,1-2H3. The molecular weight excluding hydrogens is 284 g/mol. The summed E-state index contributed by atoms with van der Waals surface area (Å²) < 4.78 is 5.04. The molecule has 1 aliphatic heterocycles. The van der Waals surface area contributed by atoms with Crippen LogP contribution in [0.4, 0.5) is 11.4 Å². The molecule has 1 aromatic rings. The van der Waals surface area contributed by atoms with E-state index in [0.717, 1.165) is 31.5 Å². The third kappa shape index (κ3) is 2.14. The molecule has 118 valence electrons. The molecule has 1 aromatic carbocycles. The summed E-state index contributed by atoms with van der Waals surface area (Å²) in [4.78, 5) is 25.0. The van der Waals surface area contributed by atoms with Crippen LogP contribution in [0.2, 0.25) is 0 Å². The SMILES string of the molecule is COC(=O)C12CCCC1CN(c1ccc([N+](=O)[O-])c(C)c1)C2. The number of anilines is 1. The predicted octanol–water partition coefficient (Wildman–Crippen LogP) is 2.68. The number of nitro benzene ring substituents is 1. The molecule has 0 radical (unpaired) electrons. The highest BCUT2D eigenvalue weighted by atomic mass is 16.6. The molecule has 6 nitrogen and oxygen atoms in total. The van der Waals surface area contributed by atoms with Crippen molar-refractivity contribution in [3.05, 3.63) is 33.9 Å². The van der Waals surface area contributed by atoms with Gasteiger partial charge in [0.2, 0.25) is 0 Å². The van der Waals surface area contributed by atoms with Gasteiger partial charge in [0.1, 0.15) is 0 Å². The van der Waals surface area contributed by atoms with Crippen LogP contribution in [0.15, 0.2) is 18.2 Å². The minimum absolute atomic E-state index is 0.115. The van der Waals surface area contributed by atoms with E-state index in [2.05, 4.69) is 4.90 Å². The van der Waals surface area contributed by atoms with Gasteiger partial charge in [-0.15, -0.1) is 0 Å². The second kappa shape index (κ2) is 5.26. The molecule has 22 heavy (non-hydrogen) atoms. The number of hydrogen-bond acceptors (Lipinski definition) is 5. The average Bonchev–Trinajstić information content (AvgIpc) is 3.03. The Morgan fingerprint density at radius 1 is 1.50 bits per heavy atom. The fraction of sp³-hybridized carbons (Fsp3) is 0.562. The first-order chi connectivity index (χ1) is 10.5. The van der Waals surface area contributed by atoms with Crippen molar-refractivity contribution in [3.8, 4) is 0 Å². The van der Waals surface area contributed by atoms with E-state index in [1.165, 1.54) is 7.11 Å². The van der Waals surface area contributed by atoms with Gasteiger partial charge in [-0.2, -0.15) is 0 Å². The summed E-state index contributed by atoms with van der Waals surface area (Å²) in [5.41, 5.74) is 1.32. The highest BCUT2D eigenvalue weighted by Gasteiger charge is 2.55. The van der Waals surface area contributed by atoms with Gasteiger partial charge in [0.15, 0.2) is 0 Å². The van der Waals surface area contributed by atoms with E-state index in [4.69, 9.17) is 4.74 Å². The molecule has 2 atom stereocenters. The number of rotatable bonds is 3. The van der Waals surface area contributed by atoms with E-state index >= 15 is 0 Å². The number of hydrogen-bond donors (Lipinski definition) is 0. The topological polar surface area (TPSA) is 72.7 Å². The number of carbonyl (C=O) groups excluding carboxylic acids is 1. The Labute approximate surface area is 129 Å². The summed E-state index contributed by atoms with van der Waals surface area (Å²) in [7, 11) is 1.45. The van der Waals surface area contributed by atoms with Crippen LogP contribution in [0, 0.1) is 28.4 Å². The Morgan fingerprint density at radius 2 is 2.27 bits per heavy atom. The van der Waals surface area contributed by atoms with Crippen molar-refractivity contribution in [1.82, 2.24) is 0 Å². The Bertz CT molecular complexity index is 631. The number of esters is 1. The first-order valence-electron chi connectivity index (χ1n) is 7.56. The van der Waals surface area contributed by atoms with Crippen molar-refractivity contribution < 1.29 is 14.5 Å². The number of ether oxygens (including phenoxy) is 1. The Kier molecular flexibility index (Phi) is 3.54. The number of aryl methyl sites for hydroxylation is 1. The normalized spacial score (nSPS) is 26.8. The van der Waals surface area contributed by atoms with Gasteiger partial charge in [-0.3, -0.25) is 14.9 Å². The number of nitrogens with zero attached hydrogens (tertiary/aromatic N) is 2. The molecule has 1 saturated carbocycles. The largest absolute Gasteiger partial charge is 0.469 e. The quantitative estimate of drug-likeness (QED) is 0.487. The van der Waals surface area contributed by atoms with Gasteiger partial charge in [0.05, 0.1) is 17.4 Å². The maximum Gasteiger partial charge on any atom is 0.313 e. The lowest BCUT2D eigenvalue weighted by molar-refractivity contribution is -0.385. The third-order valence-corrected chi connectivity index (χ3v) is 5.20. The zero-order valence-electron chi connectivity index (χ0n) is 12.9. The second-order valence-electron chi connectivity index (χ2n) is 6.35. The molecule has 6 heteroatoms. The molecule has 0 amide bonds. The van der Waals surface area contributed by atoms with Crippen LogP contribution < -0.4 is 4.90 Å². The van der Waals surface area contributed by atoms with Crippen LogP contribution in [0.3, 0.4) is 0 Å². The van der Waals surface area contributed by atoms with E-state index in [1.54, 1.807) is 19.1 Å². The Hall–Kier alpha value is -2.11. The van der Waals surface area contributed by atoms with E-state index in [0.29, 0.717) is 18.0 Å². The zero-order valence-corrected chi connectivity index (χ0v) is 12.9. The Morgan fingerprint density at radius 3 is 2.91 bits per heavy atom. The summed E-state index contributed by atoms with van der Waals surface area (Å²) in [6, 6.07) is 5.16. The minimum atomic E-state index is -0.398. The highest BCUT2D eigenvalue weighted by Crippen LogP contribution is 2.50. The molecular formula is C16H20N2O4. The van der Waals surface area contributed by atoms with Crippen molar-refractivity contribution in [2.45, 2.75) is 26.2 Å². The molecule has 1 heterocycles. The van der Waals surface area contributed by atoms with Crippen molar-refractivity contribution >= 4 is 17.3 Å². The maximum absolute atomic E-state index is 12.3. The van der Waals surface area contributed by atoms with E-state index < -0.39 is 5.41 Å². The summed E-state index contributed by atoms with van der Waals surface area (Å²) in [6.07, 6.45) is 2.97. The molecule has 1 saturated heterocycles. The number of fused-ring (bicyclic) bond motifs is 1. The van der Waals surface area contributed by atoms with Crippen LogP contribution >= 0.6 is 0 Å². The van der Waals surface area contributed by atoms with E-state index in [9.17, 15) is 14.9 Å². The van der Waals surface area contributed by atoms with Crippen molar-refractivity contribution in [3.63, 3.8) is 0 Å². The molecule has 0 spiro atoms. The van der Waals surface area contributed by atoms with Crippen LogP contribution in [0.5, 0.6) is 0 Å². The third-order valence-electron chi connectivity index (χ3n) is 5.20. The lowest BCUT2D eigenvalue weighted by Crippen LogP contribution is -2.36. The smallest absolute Gasteiger partial charge is 0.313 e. The maximum atomic E-state index is 12.3. The molecule has 0 bridgehead atoms. The monoisotopic (exact) mass is 304 g/mol. The average molecular weight is 304 g/mol. The number of benzene rings is 1. The summed E-state index contributed by atoms with van der Waals surface area (Å²) in [5.74, 6) is 0.201. The Balaban J connectivity index is 1.88. The number of carbonyl (C=O) groups is 1. The molecule has 2 fully saturated rings. The molecule has 0 aromatic heterocycles. The summed E-state index contributed by atoms with van der Waals surface area (Å²) in [6.45, 7) is 3.20. The van der Waals surface area contributed by atoms with Gasteiger partial charge >= 0.3 is 5.97 Å². The van der Waals surface area contributed by atoms with Crippen LogP contribution in [0.1, 0.15) is 24.8 Å². The van der Waals surface area contributed by atoms with Crippen LogP contribution in [-0.4, -0.2) is 31.1 Å². The number of nitro groups is 1. The number of methoxy groups -OCH3 is 1. The van der Waals surface area contributed by atoms with Gasteiger partial charge in [0, 0.05) is 30.4 Å². The van der Waals surface area contributed by atoms with Crippen LogP contribution in [0.25, 0.3) is 0 Å². The fourth-order valence-electron chi connectivity index (χ4n) is 4.06. The molecule has 2 aliphatic rings. The molecule has 0 N–H and O–H groups in total.